The summed E-state index contributed by atoms with van der Waals surface area (Å²) in [6.45, 7) is 1.34. The molecule has 238 valence electrons. The highest BCUT2D eigenvalue weighted by atomic mass is 32.2. The zero-order valence-electron chi connectivity index (χ0n) is 23.9. The Morgan fingerprint density at radius 3 is 2.11 bits per heavy atom. The van der Waals surface area contributed by atoms with E-state index in [4.69, 9.17) is 4.74 Å². The number of carbonyl (C=O) groups excluding carboxylic acids is 1. The van der Waals surface area contributed by atoms with E-state index in [2.05, 4.69) is 10.0 Å². The second-order valence-corrected chi connectivity index (χ2v) is 13.8. The summed E-state index contributed by atoms with van der Waals surface area (Å²) in [4.78, 5) is 13.7. The molecule has 4 aromatic rings. The van der Waals surface area contributed by atoms with Gasteiger partial charge in [0.15, 0.2) is 0 Å². The van der Waals surface area contributed by atoms with E-state index in [1.165, 1.54) is 48.2 Å². The van der Waals surface area contributed by atoms with E-state index < -0.39 is 44.2 Å². The lowest BCUT2D eigenvalue weighted by Crippen LogP contribution is -2.38. The van der Waals surface area contributed by atoms with Crippen LogP contribution in [0.4, 0.5) is 30.2 Å². The van der Waals surface area contributed by atoms with Gasteiger partial charge in [0.05, 0.1) is 27.6 Å². The smallest absolute Gasteiger partial charge is 0.416 e. The van der Waals surface area contributed by atoms with E-state index in [1.54, 1.807) is 37.3 Å². The number of thioether (sulfide) groups is 1. The Kier molecular flexibility index (Phi) is 10.4. The second-order valence-electron chi connectivity index (χ2n) is 9.34. The summed E-state index contributed by atoms with van der Waals surface area (Å²) in [6.07, 6.45) is -2.80. The van der Waals surface area contributed by atoms with Gasteiger partial charge in [-0.1, -0.05) is 18.2 Å². The number of anilines is 3. The first-order chi connectivity index (χ1) is 21.2. The fourth-order valence-corrected chi connectivity index (χ4v) is 7.03. The van der Waals surface area contributed by atoms with Crippen LogP contribution in [-0.4, -0.2) is 42.2 Å². The Hall–Kier alpha value is -4.21. The summed E-state index contributed by atoms with van der Waals surface area (Å²) in [6, 6.07) is 21.2. The maximum atomic E-state index is 13.8. The fourth-order valence-electron chi connectivity index (χ4n) is 4.14. The summed E-state index contributed by atoms with van der Waals surface area (Å²) >= 11 is 1.44. The number of hydrogen-bond donors (Lipinski definition) is 2. The minimum atomic E-state index is -4.65. The predicted molar refractivity (Wildman–Crippen MR) is 168 cm³/mol. The third kappa shape index (κ3) is 8.29. The molecule has 2 N–H and O–H groups in total. The van der Waals surface area contributed by atoms with E-state index >= 15 is 0 Å². The maximum Gasteiger partial charge on any atom is 0.416 e. The first-order valence-corrected chi connectivity index (χ1v) is 17.4. The number of benzene rings is 4. The Bertz CT molecular complexity index is 1870. The van der Waals surface area contributed by atoms with Gasteiger partial charge in [0, 0.05) is 16.3 Å². The molecule has 45 heavy (non-hydrogen) atoms. The molecule has 0 aliphatic carbocycles. The molecule has 4 aromatic carbocycles. The highest BCUT2D eigenvalue weighted by molar-refractivity contribution is 7.98. The molecule has 9 nitrogen and oxygen atoms in total. The number of rotatable bonds is 12. The number of ether oxygens (including phenoxy) is 1. The quantitative estimate of drug-likeness (QED) is 0.165. The summed E-state index contributed by atoms with van der Waals surface area (Å²) in [7, 11) is -8.52. The molecule has 0 saturated carbocycles. The number of hydrogen-bond acceptors (Lipinski definition) is 7. The number of amides is 1. The number of sulfonamides is 2. The standard InChI is InChI=1S/C30H28F3N3O6S3/c1-3-42-28-10-5-4-9-27(28)36(45(40,41)26-17-13-24(43-2)14-18-26)20-29(37)34-22-11-15-25(16-12-22)44(38,39)35-23-8-6-7-21(19-23)30(31,32)33/h4-19,35H,3,20H2,1-2H3,(H,34,37). The number of halogens is 3. The molecule has 0 aliphatic rings. The van der Waals surface area contributed by atoms with Gasteiger partial charge in [0.25, 0.3) is 20.0 Å². The Balaban J connectivity index is 1.56. The van der Waals surface area contributed by atoms with E-state index in [1.807, 2.05) is 6.26 Å². The molecule has 0 spiro atoms. The first-order valence-electron chi connectivity index (χ1n) is 13.2. The lowest BCUT2D eigenvalue weighted by atomic mass is 10.2. The molecule has 0 bridgehead atoms. The average Bonchev–Trinajstić information content (AvgIpc) is 3.00. The predicted octanol–water partition coefficient (Wildman–Crippen LogP) is 6.46. The minimum absolute atomic E-state index is 0.0396. The third-order valence-electron chi connectivity index (χ3n) is 6.26. The average molecular weight is 680 g/mol. The molecule has 0 fully saturated rings. The zero-order chi connectivity index (χ0) is 32.8. The molecule has 1 amide bonds. The van der Waals surface area contributed by atoms with Crippen molar-refractivity contribution < 1.29 is 39.5 Å². The third-order valence-corrected chi connectivity index (χ3v) is 10.2. The van der Waals surface area contributed by atoms with Gasteiger partial charge >= 0.3 is 6.18 Å². The van der Waals surface area contributed by atoms with Crippen molar-refractivity contribution in [3.05, 3.63) is 103 Å². The van der Waals surface area contributed by atoms with Crippen molar-refractivity contribution in [2.45, 2.75) is 27.8 Å². The Labute approximate surface area is 263 Å². The lowest BCUT2D eigenvalue weighted by Gasteiger charge is -2.26. The van der Waals surface area contributed by atoms with Crippen LogP contribution in [0.3, 0.4) is 0 Å². The van der Waals surface area contributed by atoms with Crippen molar-refractivity contribution in [3.8, 4) is 5.75 Å². The monoisotopic (exact) mass is 679 g/mol. The topological polar surface area (TPSA) is 122 Å². The van der Waals surface area contributed by atoms with Crippen molar-refractivity contribution in [2.75, 3.05) is 33.8 Å². The molecule has 0 radical (unpaired) electrons. The zero-order valence-corrected chi connectivity index (χ0v) is 26.4. The van der Waals surface area contributed by atoms with Gasteiger partial charge in [0.2, 0.25) is 5.91 Å². The molecule has 0 saturated heterocycles. The van der Waals surface area contributed by atoms with Crippen LogP contribution in [0, 0.1) is 0 Å². The van der Waals surface area contributed by atoms with Crippen molar-refractivity contribution >= 4 is 54.8 Å². The van der Waals surface area contributed by atoms with E-state index in [0.29, 0.717) is 6.07 Å². The van der Waals surface area contributed by atoms with Gasteiger partial charge in [0.1, 0.15) is 12.3 Å². The Morgan fingerprint density at radius 2 is 1.49 bits per heavy atom. The molecular formula is C30H28F3N3O6S3. The van der Waals surface area contributed by atoms with Crippen molar-refractivity contribution in [1.29, 1.82) is 0 Å². The minimum Gasteiger partial charge on any atom is -0.492 e. The fraction of sp³-hybridized carbons (Fsp3) is 0.167. The molecule has 15 heteroatoms. The van der Waals surface area contributed by atoms with Gasteiger partial charge < -0.3 is 10.1 Å². The first kappa shape index (κ1) is 33.7. The molecular weight excluding hydrogens is 652 g/mol. The second kappa shape index (κ2) is 13.8. The van der Waals surface area contributed by atoms with Crippen LogP contribution in [0.2, 0.25) is 0 Å². The summed E-state index contributed by atoms with van der Waals surface area (Å²) < 4.78 is 101. The molecule has 0 heterocycles. The normalized spacial score (nSPS) is 11.9. The van der Waals surface area contributed by atoms with Crippen LogP contribution in [0.15, 0.2) is 112 Å². The van der Waals surface area contributed by atoms with E-state index in [-0.39, 0.29) is 39.2 Å². The van der Waals surface area contributed by atoms with Gasteiger partial charge in [-0.05, 0) is 92.0 Å². The molecule has 0 unspecified atom stereocenters. The van der Waals surface area contributed by atoms with Crippen molar-refractivity contribution in [3.63, 3.8) is 0 Å². The highest BCUT2D eigenvalue weighted by Gasteiger charge is 2.31. The SMILES string of the molecule is CCOc1ccccc1N(CC(=O)Nc1ccc(S(=O)(=O)Nc2cccc(C(F)(F)F)c2)cc1)S(=O)(=O)c1ccc(SC)cc1. The largest absolute Gasteiger partial charge is 0.492 e. The van der Waals surface area contributed by atoms with Crippen LogP contribution < -0.4 is 19.1 Å². The molecule has 0 aromatic heterocycles. The number of carbonyl (C=O) groups is 1. The number of para-hydroxylation sites is 2. The van der Waals surface area contributed by atoms with Gasteiger partial charge in [-0.25, -0.2) is 16.8 Å². The summed E-state index contributed by atoms with van der Waals surface area (Å²) in [5.74, 6) is -0.483. The number of nitrogens with zero attached hydrogens (tertiary/aromatic N) is 1. The summed E-state index contributed by atoms with van der Waals surface area (Å²) in [5.41, 5.74) is -1.00. The lowest BCUT2D eigenvalue weighted by molar-refractivity contribution is -0.137. The highest BCUT2D eigenvalue weighted by Crippen LogP contribution is 2.34. The molecule has 0 atom stereocenters. The maximum absolute atomic E-state index is 13.8. The van der Waals surface area contributed by atoms with E-state index in [9.17, 15) is 34.8 Å². The van der Waals surface area contributed by atoms with Gasteiger partial charge in [-0.2, -0.15) is 13.2 Å². The molecule has 4 rings (SSSR count). The van der Waals surface area contributed by atoms with Crippen LogP contribution in [0.5, 0.6) is 5.75 Å². The van der Waals surface area contributed by atoms with E-state index in [0.717, 1.165) is 33.5 Å². The Morgan fingerprint density at radius 1 is 0.844 bits per heavy atom. The van der Waals surface area contributed by atoms with Crippen molar-refractivity contribution in [1.82, 2.24) is 0 Å². The van der Waals surface area contributed by atoms with Crippen LogP contribution >= 0.6 is 11.8 Å². The van der Waals surface area contributed by atoms with Gasteiger partial charge in [-0.15, -0.1) is 11.8 Å². The number of nitrogens with one attached hydrogen (secondary N) is 2. The van der Waals surface area contributed by atoms with Crippen LogP contribution in [0.25, 0.3) is 0 Å². The van der Waals surface area contributed by atoms with Crippen molar-refractivity contribution in [2.24, 2.45) is 0 Å². The summed E-state index contributed by atoms with van der Waals surface area (Å²) in [5, 5.41) is 2.56. The van der Waals surface area contributed by atoms with Crippen LogP contribution in [-0.2, 0) is 31.0 Å². The number of alkyl halides is 3. The van der Waals surface area contributed by atoms with Crippen LogP contribution in [0.1, 0.15) is 12.5 Å². The van der Waals surface area contributed by atoms with Gasteiger partial charge in [-0.3, -0.25) is 13.8 Å². The molecule has 0 aliphatic heterocycles.